The van der Waals surface area contributed by atoms with Gasteiger partial charge in [-0.1, -0.05) is 30.3 Å². The van der Waals surface area contributed by atoms with Crippen molar-refractivity contribution in [1.82, 2.24) is 5.32 Å². The molecule has 0 amide bonds. The van der Waals surface area contributed by atoms with Crippen LogP contribution in [0.1, 0.15) is 12.5 Å². The molecular formula is C13H17NO3. The molecule has 0 aromatic heterocycles. The standard InChI is InChI=1S/C13H17NO3/c1-13(11(16-2)8-14-13)12(15)17-9-10-6-4-3-5-7-10/h3-7,11,14H,8-9H2,1-2H3. The smallest absolute Gasteiger partial charge is 0.329 e. The highest BCUT2D eigenvalue weighted by Gasteiger charge is 2.50. The molecule has 92 valence electrons. The summed E-state index contributed by atoms with van der Waals surface area (Å²) in [5, 5.41) is 3.06. The molecular weight excluding hydrogens is 218 g/mol. The van der Waals surface area contributed by atoms with E-state index < -0.39 is 5.54 Å². The minimum absolute atomic E-state index is 0.106. The first-order valence-electron chi connectivity index (χ1n) is 5.66. The molecule has 1 heterocycles. The average molecular weight is 235 g/mol. The van der Waals surface area contributed by atoms with Crippen molar-refractivity contribution in [3.8, 4) is 0 Å². The van der Waals surface area contributed by atoms with Gasteiger partial charge in [-0.05, 0) is 12.5 Å². The Kier molecular flexibility index (Phi) is 3.45. The summed E-state index contributed by atoms with van der Waals surface area (Å²) in [5.74, 6) is -0.264. The molecule has 0 spiro atoms. The summed E-state index contributed by atoms with van der Waals surface area (Å²) in [7, 11) is 1.61. The summed E-state index contributed by atoms with van der Waals surface area (Å²) in [4.78, 5) is 11.9. The Bertz CT molecular complexity index is 391. The van der Waals surface area contributed by atoms with Gasteiger partial charge >= 0.3 is 5.97 Å². The van der Waals surface area contributed by atoms with E-state index >= 15 is 0 Å². The van der Waals surface area contributed by atoms with Crippen molar-refractivity contribution in [3.05, 3.63) is 35.9 Å². The third-order valence-electron chi connectivity index (χ3n) is 3.22. The predicted octanol–water partition coefficient (Wildman–Crippen LogP) is 1.11. The summed E-state index contributed by atoms with van der Waals surface area (Å²) in [6.45, 7) is 2.79. The predicted molar refractivity (Wildman–Crippen MR) is 63.4 cm³/mol. The minimum atomic E-state index is -0.705. The molecule has 1 fully saturated rings. The van der Waals surface area contributed by atoms with E-state index in [-0.39, 0.29) is 12.1 Å². The molecule has 4 nitrogen and oxygen atoms in total. The van der Waals surface area contributed by atoms with Crippen LogP contribution in [0.25, 0.3) is 0 Å². The average Bonchev–Trinajstić information content (AvgIpc) is 2.35. The van der Waals surface area contributed by atoms with Crippen molar-refractivity contribution in [2.24, 2.45) is 0 Å². The van der Waals surface area contributed by atoms with Gasteiger partial charge < -0.3 is 9.47 Å². The van der Waals surface area contributed by atoms with E-state index in [1.54, 1.807) is 14.0 Å². The normalized spacial score (nSPS) is 27.3. The molecule has 1 aromatic carbocycles. The van der Waals surface area contributed by atoms with E-state index in [0.717, 1.165) is 5.56 Å². The van der Waals surface area contributed by atoms with E-state index in [2.05, 4.69) is 5.32 Å². The molecule has 1 aliphatic heterocycles. The van der Waals surface area contributed by atoms with Crippen molar-refractivity contribution in [2.75, 3.05) is 13.7 Å². The van der Waals surface area contributed by atoms with Crippen LogP contribution in [-0.2, 0) is 20.9 Å². The van der Waals surface area contributed by atoms with Crippen LogP contribution in [0.3, 0.4) is 0 Å². The second-order valence-electron chi connectivity index (χ2n) is 4.37. The second kappa shape index (κ2) is 4.85. The Morgan fingerprint density at radius 3 is 2.71 bits per heavy atom. The fourth-order valence-electron chi connectivity index (χ4n) is 1.89. The lowest BCUT2D eigenvalue weighted by Gasteiger charge is -2.44. The zero-order valence-electron chi connectivity index (χ0n) is 10.1. The molecule has 2 atom stereocenters. The summed E-state index contributed by atoms with van der Waals surface area (Å²) < 4.78 is 10.5. The van der Waals surface area contributed by atoms with Crippen molar-refractivity contribution < 1.29 is 14.3 Å². The van der Waals surface area contributed by atoms with Crippen LogP contribution in [0.15, 0.2) is 30.3 Å². The molecule has 1 aromatic rings. The van der Waals surface area contributed by atoms with Crippen molar-refractivity contribution in [3.63, 3.8) is 0 Å². The van der Waals surface area contributed by atoms with Crippen LogP contribution in [-0.4, -0.2) is 31.3 Å². The molecule has 0 aliphatic carbocycles. The van der Waals surface area contributed by atoms with Crippen LogP contribution in [0, 0.1) is 0 Å². The number of carbonyl (C=O) groups is 1. The number of esters is 1. The monoisotopic (exact) mass is 235 g/mol. The number of methoxy groups -OCH3 is 1. The summed E-state index contributed by atoms with van der Waals surface area (Å²) >= 11 is 0. The van der Waals surface area contributed by atoms with Gasteiger partial charge in [-0.15, -0.1) is 0 Å². The van der Waals surface area contributed by atoms with Gasteiger partial charge in [-0.2, -0.15) is 0 Å². The first-order valence-corrected chi connectivity index (χ1v) is 5.66. The number of carbonyl (C=O) groups excluding carboxylic acids is 1. The highest BCUT2D eigenvalue weighted by atomic mass is 16.5. The summed E-state index contributed by atoms with van der Waals surface area (Å²) in [6, 6.07) is 9.63. The molecule has 4 heteroatoms. The Morgan fingerprint density at radius 1 is 1.47 bits per heavy atom. The highest BCUT2D eigenvalue weighted by Crippen LogP contribution is 2.23. The maximum Gasteiger partial charge on any atom is 0.329 e. The molecule has 2 unspecified atom stereocenters. The Hall–Kier alpha value is -1.39. The third kappa shape index (κ3) is 2.33. The molecule has 17 heavy (non-hydrogen) atoms. The van der Waals surface area contributed by atoms with Gasteiger partial charge in [0, 0.05) is 13.7 Å². The van der Waals surface area contributed by atoms with Gasteiger partial charge in [-0.25, -0.2) is 4.79 Å². The van der Waals surface area contributed by atoms with Crippen molar-refractivity contribution in [2.45, 2.75) is 25.2 Å². The zero-order chi connectivity index (χ0) is 12.3. The lowest BCUT2D eigenvalue weighted by Crippen LogP contribution is -2.72. The molecule has 0 bridgehead atoms. The van der Waals surface area contributed by atoms with Crippen LogP contribution < -0.4 is 5.32 Å². The SMILES string of the molecule is COC1CNC1(C)C(=O)OCc1ccccc1. The van der Waals surface area contributed by atoms with Crippen LogP contribution >= 0.6 is 0 Å². The number of rotatable bonds is 4. The number of hydrogen-bond donors (Lipinski definition) is 1. The van der Waals surface area contributed by atoms with E-state index in [4.69, 9.17) is 9.47 Å². The lowest BCUT2D eigenvalue weighted by molar-refractivity contribution is -0.166. The highest BCUT2D eigenvalue weighted by molar-refractivity contribution is 5.82. The van der Waals surface area contributed by atoms with Crippen molar-refractivity contribution in [1.29, 1.82) is 0 Å². The third-order valence-corrected chi connectivity index (χ3v) is 3.22. The van der Waals surface area contributed by atoms with Gasteiger partial charge in [0.1, 0.15) is 12.1 Å². The van der Waals surface area contributed by atoms with Gasteiger partial charge in [0.2, 0.25) is 0 Å². The second-order valence-corrected chi connectivity index (χ2v) is 4.37. The van der Waals surface area contributed by atoms with E-state index in [0.29, 0.717) is 13.2 Å². The van der Waals surface area contributed by atoms with Crippen molar-refractivity contribution >= 4 is 5.97 Å². The van der Waals surface area contributed by atoms with Crippen LogP contribution in [0.5, 0.6) is 0 Å². The minimum Gasteiger partial charge on any atom is -0.459 e. The van der Waals surface area contributed by atoms with Crippen LogP contribution in [0.2, 0.25) is 0 Å². The fourth-order valence-corrected chi connectivity index (χ4v) is 1.89. The lowest BCUT2D eigenvalue weighted by atomic mass is 9.87. The maximum absolute atomic E-state index is 11.9. The van der Waals surface area contributed by atoms with Gasteiger partial charge in [0.05, 0.1) is 6.10 Å². The van der Waals surface area contributed by atoms with E-state index in [9.17, 15) is 4.79 Å². The Morgan fingerprint density at radius 2 is 2.18 bits per heavy atom. The quantitative estimate of drug-likeness (QED) is 0.794. The summed E-state index contributed by atoms with van der Waals surface area (Å²) in [5.41, 5.74) is 0.279. The molecule has 0 radical (unpaired) electrons. The van der Waals surface area contributed by atoms with Gasteiger partial charge in [0.15, 0.2) is 0 Å². The molecule has 1 aliphatic rings. The summed E-state index contributed by atoms with van der Waals surface area (Å²) in [6.07, 6.45) is -0.106. The molecule has 0 saturated carbocycles. The largest absolute Gasteiger partial charge is 0.459 e. The fraction of sp³-hybridized carbons (Fsp3) is 0.462. The van der Waals surface area contributed by atoms with Gasteiger partial charge in [0.25, 0.3) is 0 Å². The first kappa shape index (κ1) is 12.1. The van der Waals surface area contributed by atoms with Gasteiger partial charge in [-0.3, -0.25) is 5.32 Å². The van der Waals surface area contributed by atoms with E-state index in [1.165, 1.54) is 0 Å². The van der Waals surface area contributed by atoms with Crippen LogP contribution in [0.4, 0.5) is 0 Å². The number of ether oxygens (including phenoxy) is 2. The first-order chi connectivity index (χ1) is 8.16. The number of nitrogens with one attached hydrogen (secondary N) is 1. The Labute approximate surface area is 101 Å². The topological polar surface area (TPSA) is 47.6 Å². The number of hydrogen-bond acceptors (Lipinski definition) is 4. The Balaban J connectivity index is 1.90. The molecule has 2 rings (SSSR count). The zero-order valence-corrected chi connectivity index (χ0v) is 10.1. The molecule has 1 saturated heterocycles. The molecule has 1 N–H and O–H groups in total. The maximum atomic E-state index is 11.9. The van der Waals surface area contributed by atoms with E-state index in [1.807, 2.05) is 30.3 Å². The number of benzene rings is 1.